The molecule has 2 rings (SSSR count). The van der Waals surface area contributed by atoms with Gasteiger partial charge in [0.1, 0.15) is 11.6 Å². The van der Waals surface area contributed by atoms with E-state index in [0.29, 0.717) is 28.5 Å². The fourth-order valence-electron chi connectivity index (χ4n) is 2.26. The Balaban J connectivity index is 2.36. The Kier molecular flexibility index (Phi) is 6.64. The van der Waals surface area contributed by atoms with Gasteiger partial charge in [0.05, 0.1) is 21.3 Å². The van der Waals surface area contributed by atoms with Gasteiger partial charge in [-0.1, -0.05) is 22.0 Å². The second-order valence-electron chi connectivity index (χ2n) is 5.09. The predicted molar refractivity (Wildman–Crippen MR) is 102 cm³/mol. The van der Waals surface area contributed by atoms with Crippen LogP contribution in [0, 0.1) is 11.3 Å². The van der Waals surface area contributed by atoms with Gasteiger partial charge < -0.3 is 19.5 Å². The number of amides is 1. The van der Waals surface area contributed by atoms with Crippen LogP contribution in [0.4, 0.5) is 5.69 Å². The van der Waals surface area contributed by atoms with Gasteiger partial charge in [-0.15, -0.1) is 0 Å². The summed E-state index contributed by atoms with van der Waals surface area (Å²) in [5.74, 6) is 0.786. The van der Waals surface area contributed by atoms with E-state index in [1.807, 2.05) is 12.1 Å². The molecule has 0 saturated heterocycles. The van der Waals surface area contributed by atoms with Crippen LogP contribution in [0.1, 0.15) is 5.56 Å². The van der Waals surface area contributed by atoms with Crippen molar-refractivity contribution in [2.75, 3.05) is 26.6 Å². The van der Waals surface area contributed by atoms with Crippen LogP contribution in [0.25, 0.3) is 6.08 Å². The SMILES string of the molecule is COc1cc(/C=C(/C#N)C(=O)Nc2cccc(Br)c2)cc(OC)c1OC. The van der Waals surface area contributed by atoms with Gasteiger partial charge in [0.2, 0.25) is 5.75 Å². The highest BCUT2D eigenvalue weighted by Crippen LogP contribution is 2.38. The Labute approximate surface area is 160 Å². The first-order valence-corrected chi connectivity index (χ1v) is 8.30. The quantitative estimate of drug-likeness (QED) is 0.567. The molecule has 7 heteroatoms. The van der Waals surface area contributed by atoms with Crippen LogP contribution in [0.15, 0.2) is 46.4 Å². The Morgan fingerprint density at radius 3 is 2.27 bits per heavy atom. The minimum atomic E-state index is -0.514. The number of rotatable bonds is 6. The lowest BCUT2D eigenvalue weighted by Gasteiger charge is -2.13. The van der Waals surface area contributed by atoms with Gasteiger partial charge in [-0.3, -0.25) is 4.79 Å². The summed E-state index contributed by atoms with van der Waals surface area (Å²) in [7, 11) is 4.49. The maximum absolute atomic E-state index is 12.4. The molecule has 0 aromatic heterocycles. The molecule has 26 heavy (non-hydrogen) atoms. The molecule has 6 nitrogen and oxygen atoms in total. The van der Waals surface area contributed by atoms with Crippen molar-refractivity contribution in [1.29, 1.82) is 5.26 Å². The minimum Gasteiger partial charge on any atom is -0.493 e. The van der Waals surface area contributed by atoms with Crippen LogP contribution in [0.5, 0.6) is 17.2 Å². The van der Waals surface area contributed by atoms with Crippen molar-refractivity contribution < 1.29 is 19.0 Å². The standard InChI is InChI=1S/C19H17BrN2O4/c1-24-16-8-12(9-17(25-2)18(16)26-3)7-13(11-21)19(23)22-15-6-4-5-14(20)10-15/h4-10H,1-3H3,(H,22,23)/b13-7-. The first kappa shape index (κ1) is 19.3. The maximum Gasteiger partial charge on any atom is 0.266 e. The number of carbonyl (C=O) groups is 1. The molecule has 0 atom stereocenters. The second kappa shape index (κ2) is 8.92. The Hall–Kier alpha value is -2.98. The number of nitrogens with one attached hydrogen (secondary N) is 1. The second-order valence-corrected chi connectivity index (χ2v) is 6.01. The van der Waals surface area contributed by atoms with E-state index in [1.54, 1.807) is 30.3 Å². The molecule has 0 bridgehead atoms. The zero-order chi connectivity index (χ0) is 19.1. The lowest BCUT2D eigenvalue weighted by atomic mass is 10.1. The van der Waals surface area contributed by atoms with Gasteiger partial charge in [-0.25, -0.2) is 0 Å². The maximum atomic E-state index is 12.4. The number of halogens is 1. The van der Waals surface area contributed by atoms with Crippen LogP contribution in [-0.2, 0) is 4.79 Å². The number of nitriles is 1. The molecule has 1 amide bonds. The average molecular weight is 417 g/mol. The first-order valence-electron chi connectivity index (χ1n) is 7.51. The zero-order valence-electron chi connectivity index (χ0n) is 14.5. The number of carbonyl (C=O) groups excluding carboxylic acids is 1. The van der Waals surface area contributed by atoms with Crippen molar-refractivity contribution in [3.05, 3.63) is 52.0 Å². The summed E-state index contributed by atoms with van der Waals surface area (Å²) in [6, 6.07) is 12.3. The van der Waals surface area contributed by atoms with Crippen molar-refractivity contribution in [2.24, 2.45) is 0 Å². The summed E-state index contributed by atoms with van der Waals surface area (Å²) in [6.07, 6.45) is 1.46. The molecule has 0 radical (unpaired) electrons. The highest BCUT2D eigenvalue weighted by atomic mass is 79.9. The Bertz CT molecular complexity index is 862. The molecule has 0 spiro atoms. The van der Waals surface area contributed by atoms with E-state index >= 15 is 0 Å². The average Bonchev–Trinajstić information content (AvgIpc) is 2.64. The highest BCUT2D eigenvalue weighted by molar-refractivity contribution is 9.10. The highest BCUT2D eigenvalue weighted by Gasteiger charge is 2.15. The van der Waals surface area contributed by atoms with E-state index in [0.717, 1.165) is 4.47 Å². The minimum absolute atomic E-state index is 0.0563. The normalized spacial score (nSPS) is 10.7. The van der Waals surface area contributed by atoms with Crippen molar-refractivity contribution >= 4 is 33.6 Å². The molecule has 0 saturated carbocycles. The molecule has 0 aliphatic rings. The lowest BCUT2D eigenvalue weighted by molar-refractivity contribution is -0.112. The number of nitrogens with zero attached hydrogens (tertiary/aromatic N) is 1. The van der Waals surface area contributed by atoms with E-state index in [1.165, 1.54) is 27.4 Å². The van der Waals surface area contributed by atoms with E-state index in [4.69, 9.17) is 14.2 Å². The summed E-state index contributed by atoms with van der Waals surface area (Å²) in [5.41, 5.74) is 1.09. The van der Waals surface area contributed by atoms with Gasteiger partial charge in [0.25, 0.3) is 5.91 Å². The molecular formula is C19H17BrN2O4. The van der Waals surface area contributed by atoms with Gasteiger partial charge in [-0.2, -0.15) is 5.26 Å². The molecule has 2 aromatic rings. The first-order chi connectivity index (χ1) is 12.5. The topological polar surface area (TPSA) is 80.6 Å². The van der Waals surface area contributed by atoms with E-state index in [2.05, 4.69) is 21.2 Å². The molecule has 0 fully saturated rings. The van der Waals surface area contributed by atoms with Crippen LogP contribution in [0.3, 0.4) is 0 Å². The number of hydrogen-bond acceptors (Lipinski definition) is 5. The summed E-state index contributed by atoms with van der Waals surface area (Å²) < 4.78 is 16.6. The molecule has 0 aliphatic carbocycles. The molecule has 0 heterocycles. The number of anilines is 1. The largest absolute Gasteiger partial charge is 0.493 e. The summed E-state index contributed by atoms with van der Waals surface area (Å²) in [6.45, 7) is 0. The van der Waals surface area contributed by atoms with Crippen molar-refractivity contribution in [3.63, 3.8) is 0 Å². The summed E-state index contributed by atoms with van der Waals surface area (Å²) in [5, 5.41) is 12.1. The van der Waals surface area contributed by atoms with Crippen LogP contribution < -0.4 is 19.5 Å². The monoisotopic (exact) mass is 416 g/mol. The van der Waals surface area contributed by atoms with Crippen molar-refractivity contribution in [1.82, 2.24) is 0 Å². The predicted octanol–water partition coefficient (Wildman–Crippen LogP) is 4.02. The number of methoxy groups -OCH3 is 3. The van der Waals surface area contributed by atoms with E-state index in [9.17, 15) is 10.1 Å². The number of ether oxygens (including phenoxy) is 3. The Morgan fingerprint density at radius 2 is 1.77 bits per heavy atom. The molecule has 2 aromatic carbocycles. The fraction of sp³-hybridized carbons (Fsp3) is 0.158. The van der Waals surface area contributed by atoms with Gasteiger partial charge in [-0.05, 0) is 42.0 Å². The molecule has 0 aliphatic heterocycles. The van der Waals surface area contributed by atoms with Crippen LogP contribution in [-0.4, -0.2) is 27.2 Å². The third-order valence-corrected chi connectivity index (χ3v) is 3.94. The molecule has 1 N–H and O–H groups in total. The van der Waals surface area contributed by atoms with Gasteiger partial charge in [0.15, 0.2) is 11.5 Å². The van der Waals surface area contributed by atoms with Gasteiger partial charge >= 0.3 is 0 Å². The van der Waals surface area contributed by atoms with Crippen LogP contribution >= 0.6 is 15.9 Å². The number of hydrogen-bond donors (Lipinski definition) is 1. The molecule has 134 valence electrons. The molecular weight excluding hydrogens is 400 g/mol. The lowest BCUT2D eigenvalue weighted by Crippen LogP contribution is -2.13. The van der Waals surface area contributed by atoms with E-state index < -0.39 is 5.91 Å². The zero-order valence-corrected chi connectivity index (χ0v) is 16.1. The number of benzene rings is 2. The van der Waals surface area contributed by atoms with E-state index in [-0.39, 0.29) is 5.57 Å². The fourth-order valence-corrected chi connectivity index (χ4v) is 2.66. The summed E-state index contributed by atoms with van der Waals surface area (Å²) >= 11 is 3.33. The van der Waals surface area contributed by atoms with Crippen molar-refractivity contribution in [2.45, 2.75) is 0 Å². The molecule has 0 unspecified atom stereocenters. The smallest absolute Gasteiger partial charge is 0.266 e. The third kappa shape index (κ3) is 4.55. The Morgan fingerprint density at radius 1 is 1.12 bits per heavy atom. The summed E-state index contributed by atoms with van der Waals surface area (Å²) in [4.78, 5) is 12.4. The van der Waals surface area contributed by atoms with Crippen molar-refractivity contribution in [3.8, 4) is 23.3 Å². The van der Waals surface area contributed by atoms with Gasteiger partial charge in [0, 0.05) is 10.2 Å². The van der Waals surface area contributed by atoms with Crippen LogP contribution in [0.2, 0.25) is 0 Å². The third-order valence-electron chi connectivity index (χ3n) is 3.45.